The van der Waals surface area contributed by atoms with Gasteiger partial charge in [-0.3, -0.25) is 14.5 Å². The first-order chi connectivity index (χ1) is 34.5. The van der Waals surface area contributed by atoms with Crippen LogP contribution in [0.3, 0.4) is 0 Å². The molecule has 1 saturated heterocycles. The average Bonchev–Trinajstić information content (AvgIpc) is 4.32. The number of anilines is 6. The molecule has 1 aliphatic heterocycles. The summed E-state index contributed by atoms with van der Waals surface area (Å²) < 4.78 is 44.6. The molecule has 3 aliphatic rings. The molecule has 0 spiro atoms. The molecule has 2 amide bonds. The van der Waals surface area contributed by atoms with Gasteiger partial charge >= 0.3 is 0 Å². The van der Waals surface area contributed by atoms with Crippen LogP contribution in [0.25, 0.3) is 21.8 Å². The number of fused-ring (bicyclic) bond motifs is 2. The summed E-state index contributed by atoms with van der Waals surface area (Å²) in [6.07, 6.45) is 14.2. The van der Waals surface area contributed by atoms with E-state index >= 15 is 0 Å². The highest BCUT2D eigenvalue weighted by Gasteiger charge is 2.24. The number of aromatic nitrogens is 4. The second-order valence-electron chi connectivity index (χ2n) is 17.4. The zero-order valence-electron chi connectivity index (χ0n) is 39.5. The monoisotopic (exact) mass is 1010 g/mol. The number of ether oxygens (including phenoxy) is 3. The molecule has 6 aromatic rings. The third-order valence-electron chi connectivity index (χ3n) is 12.0. The number of nitrogens with zero attached hydrogens (tertiary/aromatic N) is 6. The molecule has 2 saturated carbocycles. The van der Waals surface area contributed by atoms with Gasteiger partial charge in [-0.05, 0) is 99.1 Å². The predicted octanol–water partition coefficient (Wildman–Crippen LogP) is 10.6. The Hall–Kier alpha value is -6.50. The number of hydrogen-bond acceptors (Lipinski definition) is 13. The van der Waals surface area contributed by atoms with E-state index in [0.29, 0.717) is 119 Å². The minimum atomic E-state index is -0.501. The van der Waals surface area contributed by atoms with Gasteiger partial charge in [0.1, 0.15) is 47.4 Å². The number of carbonyl (C=O) groups excluding carboxylic acids is 2. The van der Waals surface area contributed by atoms with Crippen LogP contribution < -0.4 is 30.7 Å². The number of morpholine rings is 1. The lowest BCUT2D eigenvalue weighted by Crippen LogP contribution is -2.36. The van der Waals surface area contributed by atoms with Crippen molar-refractivity contribution in [2.45, 2.75) is 39.5 Å². The molecule has 71 heavy (non-hydrogen) atoms. The third kappa shape index (κ3) is 14.8. The Morgan fingerprint density at radius 2 is 1.18 bits per heavy atom. The first-order valence-electron chi connectivity index (χ1n) is 23.8. The fourth-order valence-corrected chi connectivity index (χ4v) is 7.80. The summed E-state index contributed by atoms with van der Waals surface area (Å²) in [5.41, 5.74) is 3.51. The van der Waals surface area contributed by atoms with Crippen molar-refractivity contribution in [2.75, 3.05) is 87.0 Å². The van der Waals surface area contributed by atoms with Crippen LogP contribution in [0.1, 0.15) is 39.5 Å². The summed E-state index contributed by atoms with van der Waals surface area (Å²) in [6.45, 7) is 11.7. The summed E-state index contributed by atoms with van der Waals surface area (Å²) >= 11 is 11.9. The molecule has 3 heterocycles. The van der Waals surface area contributed by atoms with Crippen LogP contribution in [0.2, 0.25) is 10.0 Å². The highest BCUT2D eigenvalue weighted by Crippen LogP contribution is 2.38. The molecular formula is C52H56Cl2F2N10O5. The fourth-order valence-electron chi connectivity index (χ4n) is 7.44. The SMILES string of the molecule is CCN(CC)CC=CC(=O)Nc1cc2c(Nc3ccc(F)c(Cl)c3)ncnc2cc1OCC1CC1.O=C(C=CCN1CCOCC1)Nc1cc2c(Nc3ccc(F)c(Cl)c3)ncnc2cc1OCC1CC1. The van der Waals surface area contributed by atoms with E-state index in [-0.39, 0.29) is 21.9 Å². The van der Waals surface area contributed by atoms with Crippen molar-refractivity contribution in [3.63, 3.8) is 0 Å². The molecule has 0 radical (unpaired) electrons. The standard InChI is InChI=1S/C26H27ClFN5O3.C26H29ClFN5O2/c27-20-12-18(5-6-21(20)28)31-26-19-13-23(32-25(34)2-1-7-33-8-10-35-11-9-33)24(36-15-17-3-4-17)14-22(19)29-16-30-26;1-3-33(4-2)11-5-6-25(34)32-23-13-19-22(14-24(23)35-15-17-7-8-17)29-16-30-26(19)31-18-9-10-21(28)20(27)12-18/h1-2,5-6,12-14,16-17H,3-4,7-11,15H2,(H,32,34)(H,29,30,31);5-6,9-10,12-14,16-17H,3-4,7-8,11,15H2,1-2H3,(H,32,34)(H,29,30,31). The van der Waals surface area contributed by atoms with Crippen molar-refractivity contribution in [1.82, 2.24) is 29.7 Å². The number of carbonyl (C=O) groups is 2. The van der Waals surface area contributed by atoms with Gasteiger partial charge in [-0.25, -0.2) is 28.7 Å². The highest BCUT2D eigenvalue weighted by molar-refractivity contribution is 6.31. The van der Waals surface area contributed by atoms with Crippen LogP contribution in [0, 0.1) is 23.5 Å². The fraction of sp³-hybridized carbons (Fsp3) is 0.346. The molecule has 0 bridgehead atoms. The van der Waals surface area contributed by atoms with Crippen molar-refractivity contribution < 1.29 is 32.6 Å². The van der Waals surface area contributed by atoms with Gasteiger partial charge in [0.2, 0.25) is 11.8 Å². The molecule has 372 valence electrons. The third-order valence-corrected chi connectivity index (χ3v) is 12.5. The Morgan fingerprint density at radius 1 is 0.704 bits per heavy atom. The van der Waals surface area contributed by atoms with Gasteiger partial charge in [0.05, 0.1) is 58.9 Å². The quantitative estimate of drug-likeness (QED) is 0.0534. The topological polar surface area (TPSA) is 168 Å². The molecule has 2 aromatic heterocycles. The number of halogens is 4. The van der Waals surface area contributed by atoms with Crippen molar-refractivity contribution in [2.24, 2.45) is 11.8 Å². The van der Waals surface area contributed by atoms with E-state index in [9.17, 15) is 18.4 Å². The first kappa shape index (κ1) is 50.9. The van der Waals surface area contributed by atoms with Gasteiger partial charge in [0.15, 0.2) is 0 Å². The summed E-state index contributed by atoms with van der Waals surface area (Å²) in [7, 11) is 0. The van der Waals surface area contributed by atoms with Gasteiger partial charge < -0.3 is 40.4 Å². The van der Waals surface area contributed by atoms with Crippen molar-refractivity contribution in [3.05, 3.63) is 119 Å². The highest BCUT2D eigenvalue weighted by atomic mass is 35.5. The molecular weight excluding hydrogens is 954 g/mol. The molecule has 3 fully saturated rings. The lowest BCUT2D eigenvalue weighted by molar-refractivity contribution is -0.112. The number of hydrogen-bond donors (Lipinski definition) is 4. The zero-order chi connectivity index (χ0) is 49.7. The molecule has 9 rings (SSSR count). The molecule has 0 unspecified atom stereocenters. The van der Waals surface area contributed by atoms with Crippen LogP contribution in [0.4, 0.5) is 43.2 Å². The minimum Gasteiger partial charge on any atom is -0.491 e. The van der Waals surface area contributed by atoms with Crippen LogP contribution in [0.15, 0.2) is 97.6 Å². The van der Waals surface area contributed by atoms with Gasteiger partial charge in [-0.2, -0.15) is 0 Å². The Bertz CT molecular complexity index is 2890. The van der Waals surface area contributed by atoms with Crippen molar-refractivity contribution in [3.8, 4) is 11.5 Å². The summed E-state index contributed by atoms with van der Waals surface area (Å²) in [5.74, 6) is 1.70. The van der Waals surface area contributed by atoms with Crippen molar-refractivity contribution in [1.29, 1.82) is 0 Å². The minimum absolute atomic E-state index is 0.00550. The Kier molecular flexibility index (Phi) is 17.6. The second kappa shape index (κ2) is 24.6. The number of nitrogens with one attached hydrogen (secondary N) is 4. The molecule has 2 aliphatic carbocycles. The van der Waals surface area contributed by atoms with E-state index in [4.69, 9.17) is 37.4 Å². The maximum absolute atomic E-state index is 13.6. The number of rotatable bonds is 20. The summed E-state index contributed by atoms with van der Waals surface area (Å²) in [4.78, 5) is 47.3. The molecule has 4 N–H and O–H groups in total. The van der Waals surface area contributed by atoms with Crippen LogP contribution in [0.5, 0.6) is 11.5 Å². The smallest absolute Gasteiger partial charge is 0.248 e. The van der Waals surface area contributed by atoms with Gasteiger partial charge in [-0.1, -0.05) is 49.2 Å². The van der Waals surface area contributed by atoms with Gasteiger partial charge in [-0.15, -0.1) is 0 Å². The van der Waals surface area contributed by atoms with E-state index < -0.39 is 11.6 Å². The second-order valence-corrected chi connectivity index (χ2v) is 18.2. The van der Waals surface area contributed by atoms with E-state index in [1.807, 2.05) is 12.2 Å². The molecule has 15 nitrogen and oxygen atoms in total. The van der Waals surface area contributed by atoms with E-state index in [2.05, 4.69) is 64.9 Å². The van der Waals surface area contributed by atoms with Crippen LogP contribution >= 0.6 is 23.2 Å². The first-order valence-corrected chi connectivity index (χ1v) is 24.5. The van der Waals surface area contributed by atoms with Gasteiger partial charge in [0.25, 0.3) is 0 Å². The lowest BCUT2D eigenvalue weighted by atomic mass is 10.1. The molecule has 19 heteroatoms. The number of likely N-dealkylation sites (N-methyl/N-ethyl adjacent to an activating group) is 1. The average molecular weight is 1010 g/mol. The normalized spacial score (nSPS) is 15.0. The summed E-state index contributed by atoms with van der Waals surface area (Å²) in [5, 5.41) is 13.6. The summed E-state index contributed by atoms with van der Waals surface area (Å²) in [6, 6.07) is 15.9. The zero-order valence-corrected chi connectivity index (χ0v) is 41.0. The maximum Gasteiger partial charge on any atom is 0.248 e. The Labute approximate surface area is 421 Å². The Morgan fingerprint density at radius 3 is 1.63 bits per heavy atom. The van der Waals surface area contributed by atoms with E-state index in [1.54, 1.807) is 36.4 Å². The van der Waals surface area contributed by atoms with Crippen LogP contribution in [-0.2, 0) is 14.3 Å². The van der Waals surface area contributed by atoms with E-state index in [0.717, 1.165) is 51.9 Å². The van der Waals surface area contributed by atoms with Crippen LogP contribution in [-0.4, -0.2) is 107 Å². The maximum atomic E-state index is 13.6. The van der Waals surface area contributed by atoms with Crippen molar-refractivity contribution >= 4 is 91.2 Å². The van der Waals surface area contributed by atoms with E-state index in [1.165, 1.54) is 49.1 Å². The van der Waals surface area contributed by atoms with Gasteiger partial charge in [0, 0.05) is 72.6 Å². The molecule has 0 atom stereocenters. The number of amides is 2. The lowest BCUT2D eigenvalue weighted by Gasteiger charge is -2.25. The largest absolute Gasteiger partial charge is 0.491 e. The predicted molar refractivity (Wildman–Crippen MR) is 275 cm³/mol. The molecule has 4 aromatic carbocycles. The number of benzene rings is 4. The Balaban J connectivity index is 0.000000191.